The van der Waals surface area contributed by atoms with Gasteiger partial charge in [0.15, 0.2) is 0 Å². The summed E-state index contributed by atoms with van der Waals surface area (Å²) in [7, 11) is 0. The second kappa shape index (κ2) is 4.36. The first-order valence-electron chi connectivity index (χ1n) is 4.12. The molecule has 0 bridgehead atoms. The number of aliphatic carboxylic acids is 1. The van der Waals surface area contributed by atoms with Gasteiger partial charge in [-0.2, -0.15) is 0 Å². The molecule has 9 heavy (non-hydrogen) atoms. The highest BCUT2D eigenvalue weighted by atomic mass is 16.4. The molecule has 0 spiro atoms. The summed E-state index contributed by atoms with van der Waals surface area (Å²) in [4.78, 5) is 10.3. The quantitative estimate of drug-likeness (QED) is 0.634. The zero-order valence-electron chi connectivity index (χ0n) is 7.85. The minimum atomic E-state index is -1.34. The highest BCUT2D eigenvalue weighted by Gasteiger charge is 2.08. The largest absolute Gasteiger partial charge is 0.481 e. The van der Waals surface area contributed by atoms with E-state index in [1.807, 2.05) is 0 Å². The molecule has 2 heteroatoms. The van der Waals surface area contributed by atoms with Gasteiger partial charge in [-0.3, -0.25) is 4.79 Å². The molecule has 0 rings (SSSR count). The summed E-state index contributed by atoms with van der Waals surface area (Å²) in [6, 6.07) is 0. The monoisotopic (exact) mass is 132 g/mol. The summed E-state index contributed by atoms with van der Waals surface area (Å²) in [5.41, 5.74) is 0. The Morgan fingerprint density at radius 3 is 2.78 bits per heavy atom. The molecule has 1 N–H and O–H groups in total. The number of hydrogen-bond acceptors (Lipinski definition) is 1. The van der Waals surface area contributed by atoms with Crippen molar-refractivity contribution in [3.8, 4) is 0 Å². The van der Waals surface area contributed by atoms with Gasteiger partial charge >= 0.3 is 5.97 Å². The zero-order chi connectivity index (χ0) is 9.07. The smallest absolute Gasteiger partial charge is 0.306 e. The van der Waals surface area contributed by atoms with E-state index in [1.54, 1.807) is 6.92 Å². The standard InChI is InChI=1S/C7H14O2/c1-3-4-5-6(2)7(8)9/h6H,3-5H2,1-2H3,(H,8,9)/i4D2. The maximum Gasteiger partial charge on any atom is 0.306 e. The van der Waals surface area contributed by atoms with Crippen LogP contribution in [0.5, 0.6) is 0 Å². The van der Waals surface area contributed by atoms with Gasteiger partial charge < -0.3 is 5.11 Å². The molecule has 1 unspecified atom stereocenters. The Morgan fingerprint density at radius 1 is 1.89 bits per heavy atom. The Bertz CT molecular complexity index is 145. The Labute approximate surface area is 58.7 Å². The minimum Gasteiger partial charge on any atom is -0.481 e. The third-order valence-electron chi connectivity index (χ3n) is 1.12. The van der Waals surface area contributed by atoms with Crippen LogP contribution in [-0.2, 0) is 4.79 Å². The van der Waals surface area contributed by atoms with Crippen molar-refractivity contribution in [2.45, 2.75) is 33.1 Å². The fourth-order valence-electron chi connectivity index (χ4n) is 0.448. The predicted molar refractivity (Wildman–Crippen MR) is 36.3 cm³/mol. The van der Waals surface area contributed by atoms with Crippen molar-refractivity contribution in [1.82, 2.24) is 0 Å². The summed E-state index contributed by atoms with van der Waals surface area (Å²) >= 11 is 0. The third kappa shape index (κ3) is 4.01. The van der Waals surface area contributed by atoms with Gasteiger partial charge in [-0.15, -0.1) is 0 Å². The number of carboxylic acids is 1. The summed E-state index contributed by atoms with van der Waals surface area (Å²) in [6.07, 6.45) is -0.874. The molecule has 0 aromatic rings. The first kappa shape index (κ1) is 5.27. The molecule has 1 atom stereocenters. The average molecular weight is 132 g/mol. The van der Waals surface area contributed by atoms with Crippen molar-refractivity contribution >= 4 is 5.97 Å². The summed E-state index contributed by atoms with van der Waals surface area (Å²) in [5.74, 6) is -1.52. The average Bonchev–Trinajstić information content (AvgIpc) is 1.87. The van der Waals surface area contributed by atoms with E-state index in [2.05, 4.69) is 0 Å². The van der Waals surface area contributed by atoms with Gasteiger partial charge in [0.1, 0.15) is 0 Å². The van der Waals surface area contributed by atoms with Crippen molar-refractivity contribution in [3.05, 3.63) is 0 Å². The molecule has 0 fully saturated rings. The van der Waals surface area contributed by atoms with E-state index in [9.17, 15) is 4.79 Å². The fourth-order valence-corrected chi connectivity index (χ4v) is 0.448. The summed E-state index contributed by atoms with van der Waals surface area (Å²) in [6.45, 7) is 3.24. The van der Waals surface area contributed by atoms with Crippen LogP contribution in [0.3, 0.4) is 0 Å². The second-order valence-corrected chi connectivity index (χ2v) is 2.05. The molecule has 0 saturated carbocycles. The van der Waals surface area contributed by atoms with Crippen LogP contribution in [0.4, 0.5) is 0 Å². The van der Waals surface area contributed by atoms with E-state index in [0.717, 1.165) is 0 Å². The van der Waals surface area contributed by atoms with Crippen LogP contribution in [0, 0.1) is 5.92 Å². The van der Waals surface area contributed by atoms with Crippen molar-refractivity contribution < 1.29 is 12.6 Å². The van der Waals surface area contributed by atoms with E-state index >= 15 is 0 Å². The van der Waals surface area contributed by atoms with Crippen molar-refractivity contribution in [2.24, 2.45) is 5.92 Å². The SMILES string of the molecule is [2H]C([2H])(CC)CC(C)C(=O)O. The number of carboxylic acid groups (broad SMARTS) is 1. The summed E-state index contributed by atoms with van der Waals surface area (Å²) < 4.78 is 14.6. The van der Waals surface area contributed by atoms with Crippen LogP contribution < -0.4 is 0 Å². The Morgan fingerprint density at radius 2 is 2.44 bits per heavy atom. The van der Waals surface area contributed by atoms with E-state index in [4.69, 9.17) is 7.85 Å². The molecule has 0 aliphatic carbocycles. The van der Waals surface area contributed by atoms with Crippen LogP contribution >= 0.6 is 0 Å². The molecule has 2 nitrogen and oxygen atoms in total. The van der Waals surface area contributed by atoms with E-state index in [1.165, 1.54) is 6.92 Å². The minimum absolute atomic E-state index is 0.0961. The zero-order valence-corrected chi connectivity index (χ0v) is 5.85. The van der Waals surface area contributed by atoms with Gasteiger partial charge in [-0.05, 0) is 6.42 Å². The van der Waals surface area contributed by atoms with Crippen LogP contribution in [0.25, 0.3) is 0 Å². The van der Waals surface area contributed by atoms with Crippen LogP contribution in [0.1, 0.15) is 35.8 Å². The second-order valence-electron chi connectivity index (χ2n) is 2.05. The maximum absolute atomic E-state index is 10.3. The predicted octanol–water partition coefficient (Wildman–Crippen LogP) is 1.90. The number of hydrogen-bond donors (Lipinski definition) is 1. The Kier molecular flexibility index (Phi) is 2.55. The molecule has 0 amide bonds. The van der Waals surface area contributed by atoms with Gasteiger partial charge in [0.2, 0.25) is 0 Å². The molecule has 0 aliphatic rings. The Balaban J connectivity index is 3.93. The molecule has 0 aliphatic heterocycles. The molecule has 0 aromatic heterocycles. The van der Waals surface area contributed by atoms with Gasteiger partial charge in [0.05, 0.1) is 5.92 Å². The molecule has 54 valence electrons. The van der Waals surface area contributed by atoms with Crippen LogP contribution in [-0.4, -0.2) is 11.1 Å². The van der Waals surface area contributed by atoms with Gasteiger partial charge in [-0.1, -0.05) is 26.6 Å². The molecule has 0 heterocycles. The Hall–Kier alpha value is -0.530. The topological polar surface area (TPSA) is 37.3 Å². The first-order chi connectivity index (χ1) is 4.89. The molecular weight excluding hydrogens is 116 g/mol. The third-order valence-corrected chi connectivity index (χ3v) is 1.12. The van der Waals surface area contributed by atoms with Crippen LogP contribution in [0.2, 0.25) is 0 Å². The van der Waals surface area contributed by atoms with Crippen molar-refractivity contribution in [3.63, 3.8) is 0 Å². The molecule has 0 aromatic carbocycles. The number of rotatable bonds is 4. The van der Waals surface area contributed by atoms with Gasteiger partial charge in [0.25, 0.3) is 0 Å². The maximum atomic E-state index is 10.3. The molecule has 0 radical (unpaired) electrons. The number of carbonyl (C=O) groups is 1. The van der Waals surface area contributed by atoms with Crippen molar-refractivity contribution in [2.75, 3.05) is 0 Å². The molecule has 0 saturated heterocycles. The van der Waals surface area contributed by atoms with Gasteiger partial charge in [-0.25, -0.2) is 0 Å². The normalized spacial score (nSPS) is 18.0. The fraction of sp³-hybridized carbons (Fsp3) is 0.857. The van der Waals surface area contributed by atoms with E-state index < -0.39 is 18.3 Å². The van der Waals surface area contributed by atoms with Crippen molar-refractivity contribution in [1.29, 1.82) is 0 Å². The highest BCUT2D eigenvalue weighted by Crippen LogP contribution is 2.06. The lowest BCUT2D eigenvalue weighted by Crippen LogP contribution is -2.08. The van der Waals surface area contributed by atoms with E-state index in [-0.39, 0.29) is 6.42 Å². The first-order valence-corrected chi connectivity index (χ1v) is 3.12. The molecular formula is C7H14O2. The lowest BCUT2D eigenvalue weighted by Gasteiger charge is -2.02. The van der Waals surface area contributed by atoms with E-state index in [0.29, 0.717) is 6.42 Å². The van der Waals surface area contributed by atoms with Crippen LogP contribution in [0.15, 0.2) is 0 Å². The summed E-state index contributed by atoms with van der Waals surface area (Å²) in [5, 5.41) is 8.47. The lowest BCUT2D eigenvalue weighted by molar-refractivity contribution is -0.141. The lowest BCUT2D eigenvalue weighted by atomic mass is 10.1. The van der Waals surface area contributed by atoms with Gasteiger partial charge in [0, 0.05) is 2.74 Å². The highest BCUT2D eigenvalue weighted by molar-refractivity contribution is 5.69.